The number of halogens is 2. The van der Waals surface area contributed by atoms with E-state index >= 15 is 0 Å². The van der Waals surface area contributed by atoms with Gasteiger partial charge in [-0.25, -0.2) is 9.59 Å². The van der Waals surface area contributed by atoms with E-state index < -0.39 is 35.5 Å². The molecule has 2 fully saturated rings. The van der Waals surface area contributed by atoms with Crippen molar-refractivity contribution in [3.8, 4) is 0 Å². The van der Waals surface area contributed by atoms with Crippen LogP contribution in [-0.4, -0.2) is 96.4 Å². The van der Waals surface area contributed by atoms with Gasteiger partial charge in [0.25, 0.3) is 0 Å². The molecule has 2 atom stereocenters. The van der Waals surface area contributed by atoms with Gasteiger partial charge in [0.15, 0.2) is 11.6 Å². The van der Waals surface area contributed by atoms with Crippen LogP contribution in [0.15, 0.2) is 45.3 Å². The first kappa shape index (κ1) is 39.2. The molecular formula is C34H46Br2N4O8. The molecule has 48 heavy (non-hydrogen) atoms. The number of carbonyl (C=O) groups excluding carboxylic acids is 4. The summed E-state index contributed by atoms with van der Waals surface area (Å²) in [5.41, 5.74) is 13.2. The minimum atomic E-state index is -0.660. The molecule has 264 valence electrons. The molecule has 0 aromatic heterocycles. The van der Waals surface area contributed by atoms with Gasteiger partial charge in [-0.1, -0.05) is 37.9 Å². The molecule has 0 aliphatic carbocycles. The van der Waals surface area contributed by atoms with E-state index in [4.69, 9.17) is 30.4 Å². The smallest absolute Gasteiger partial charge is 0.411 e. The molecule has 2 amide bonds. The highest BCUT2D eigenvalue weighted by Crippen LogP contribution is 2.23. The maximum absolute atomic E-state index is 12.7. The number of anilines is 2. The van der Waals surface area contributed by atoms with E-state index in [1.165, 1.54) is 9.80 Å². The zero-order valence-electron chi connectivity index (χ0n) is 28.3. The Hall–Kier alpha value is -3.20. The molecular weight excluding hydrogens is 752 g/mol. The van der Waals surface area contributed by atoms with Gasteiger partial charge in [-0.05, 0) is 83.0 Å². The topological polar surface area (TPSA) is 164 Å². The molecule has 2 saturated heterocycles. The van der Waals surface area contributed by atoms with Crippen molar-refractivity contribution in [3.05, 3.63) is 56.5 Å². The number of amides is 2. The highest BCUT2D eigenvalue weighted by atomic mass is 79.9. The van der Waals surface area contributed by atoms with Crippen LogP contribution in [0.1, 0.15) is 52.7 Å². The number of ketones is 2. The van der Waals surface area contributed by atoms with Crippen molar-refractivity contribution in [2.24, 2.45) is 0 Å². The van der Waals surface area contributed by atoms with Gasteiger partial charge < -0.3 is 30.4 Å². The lowest BCUT2D eigenvalue weighted by Crippen LogP contribution is -2.54. The molecule has 12 nitrogen and oxygen atoms in total. The summed E-state index contributed by atoms with van der Waals surface area (Å²) in [6.45, 7) is 12.6. The third-order valence-corrected chi connectivity index (χ3v) is 8.19. The second-order valence-electron chi connectivity index (χ2n) is 13.5. The van der Waals surface area contributed by atoms with E-state index in [1.54, 1.807) is 59.7 Å². The van der Waals surface area contributed by atoms with E-state index in [-0.39, 0.29) is 37.6 Å². The Balaban J connectivity index is 0.000000260. The predicted molar refractivity (Wildman–Crippen MR) is 190 cm³/mol. The Morgan fingerprint density at radius 2 is 1.15 bits per heavy atom. The first-order valence-electron chi connectivity index (χ1n) is 15.6. The SMILES string of the molecule is CC(C)(C)OC(=O)N1CCOC[C@H]1C(=O)Cc1cc(Br)ccc1N.CC(C)(C)OC(=O)N1CCOC[C@H]1C(=O)Cc1ccc(Br)cc1N. The molecule has 14 heteroatoms. The summed E-state index contributed by atoms with van der Waals surface area (Å²) in [4.78, 5) is 53.0. The fourth-order valence-electron chi connectivity index (χ4n) is 4.88. The third-order valence-electron chi connectivity index (χ3n) is 7.20. The lowest BCUT2D eigenvalue weighted by Gasteiger charge is -2.35. The normalized spacial score (nSPS) is 18.3. The van der Waals surface area contributed by atoms with Crippen LogP contribution in [0.2, 0.25) is 0 Å². The number of Topliss-reactive ketones (excluding diaryl/α,β-unsaturated/α-hetero) is 2. The fraction of sp³-hybridized carbons (Fsp3) is 0.529. The van der Waals surface area contributed by atoms with Gasteiger partial charge in [0.1, 0.15) is 23.3 Å². The van der Waals surface area contributed by atoms with Crippen molar-refractivity contribution in [2.75, 3.05) is 51.0 Å². The second-order valence-corrected chi connectivity index (χ2v) is 15.3. The van der Waals surface area contributed by atoms with Crippen LogP contribution in [0.3, 0.4) is 0 Å². The van der Waals surface area contributed by atoms with E-state index in [9.17, 15) is 19.2 Å². The lowest BCUT2D eigenvalue weighted by molar-refractivity contribution is -0.130. The molecule has 0 radical (unpaired) electrons. The van der Waals surface area contributed by atoms with Crippen molar-refractivity contribution < 1.29 is 38.1 Å². The van der Waals surface area contributed by atoms with Crippen LogP contribution in [0.5, 0.6) is 0 Å². The number of nitrogens with zero attached hydrogens (tertiary/aromatic N) is 2. The molecule has 4 rings (SSSR count). The van der Waals surface area contributed by atoms with Crippen molar-refractivity contribution in [1.29, 1.82) is 0 Å². The van der Waals surface area contributed by atoms with Crippen LogP contribution >= 0.6 is 31.9 Å². The van der Waals surface area contributed by atoms with Crippen molar-refractivity contribution in [2.45, 2.75) is 77.7 Å². The molecule has 0 spiro atoms. The number of morpholine rings is 2. The first-order chi connectivity index (χ1) is 22.3. The van der Waals surface area contributed by atoms with Crippen LogP contribution < -0.4 is 11.5 Å². The Morgan fingerprint density at radius 1 is 0.708 bits per heavy atom. The van der Waals surface area contributed by atoms with E-state index in [0.29, 0.717) is 37.7 Å². The largest absolute Gasteiger partial charge is 0.444 e. The van der Waals surface area contributed by atoms with Gasteiger partial charge in [0.05, 0.1) is 26.4 Å². The van der Waals surface area contributed by atoms with Gasteiger partial charge in [-0.2, -0.15) is 0 Å². The Kier molecular flexibility index (Phi) is 13.9. The number of carbonyl (C=O) groups is 4. The van der Waals surface area contributed by atoms with Gasteiger partial charge >= 0.3 is 12.2 Å². The van der Waals surface area contributed by atoms with Crippen molar-refractivity contribution in [1.82, 2.24) is 9.80 Å². The van der Waals surface area contributed by atoms with Crippen molar-refractivity contribution >= 4 is 67.0 Å². The Bertz CT molecular complexity index is 1470. The molecule has 2 aromatic carbocycles. The Morgan fingerprint density at radius 3 is 1.60 bits per heavy atom. The number of ether oxygens (including phenoxy) is 4. The van der Waals surface area contributed by atoms with Gasteiger partial charge in [-0.15, -0.1) is 0 Å². The minimum Gasteiger partial charge on any atom is -0.444 e. The number of hydrogen-bond acceptors (Lipinski definition) is 10. The average molecular weight is 799 g/mol. The van der Waals surface area contributed by atoms with E-state index in [1.807, 2.05) is 18.2 Å². The molecule has 0 unspecified atom stereocenters. The summed E-state index contributed by atoms with van der Waals surface area (Å²) in [5.74, 6) is -0.236. The highest BCUT2D eigenvalue weighted by molar-refractivity contribution is 9.10. The summed E-state index contributed by atoms with van der Waals surface area (Å²) in [5, 5.41) is 0. The molecule has 0 saturated carbocycles. The third kappa shape index (κ3) is 12.0. The summed E-state index contributed by atoms with van der Waals surface area (Å²) in [6.07, 6.45) is -0.704. The summed E-state index contributed by atoms with van der Waals surface area (Å²) >= 11 is 6.72. The first-order valence-corrected chi connectivity index (χ1v) is 17.2. The number of nitrogen functional groups attached to an aromatic ring is 2. The van der Waals surface area contributed by atoms with E-state index in [2.05, 4.69) is 31.9 Å². The number of nitrogens with two attached hydrogens (primary N) is 2. The number of benzene rings is 2. The average Bonchev–Trinajstić information content (AvgIpc) is 2.99. The maximum atomic E-state index is 12.7. The van der Waals surface area contributed by atoms with Gasteiger partial charge in [0.2, 0.25) is 0 Å². The second kappa shape index (κ2) is 17.0. The summed E-state index contributed by atoms with van der Waals surface area (Å²) in [6, 6.07) is 9.46. The zero-order chi connectivity index (χ0) is 35.8. The van der Waals surface area contributed by atoms with Crippen LogP contribution in [0.4, 0.5) is 21.0 Å². The highest BCUT2D eigenvalue weighted by Gasteiger charge is 2.36. The van der Waals surface area contributed by atoms with Crippen LogP contribution in [-0.2, 0) is 41.4 Å². The van der Waals surface area contributed by atoms with Crippen LogP contribution in [0.25, 0.3) is 0 Å². The summed E-state index contributed by atoms with van der Waals surface area (Å²) in [7, 11) is 0. The zero-order valence-corrected chi connectivity index (χ0v) is 31.5. The molecule has 0 bridgehead atoms. The molecule has 2 aliphatic rings. The van der Waals surface area contributed by atoms with Crippen LogP contribution in [0, 0.1) is 0 Å². The molecule has 2 heterocycles. The maximum Gasteiger partial charge on any atom is 0.411 e. The van der Waals surface area contributed by atoms with Gasteiger partial charge in [0, 0.05) is 46.3 Å². The molecule has 4 N–H and O–H groups in total. The molecule has 2 aliphatic heterocycles. The quantitative estimate of drug-likeness (QED) is 0.354. The summed E-state index contributed by atoms with van der Waals surface area (Å²) < 4.78 is 23.3. The number of rotatable bonds is 6. The molecule has 2 aromatic rings. The van der Waals surface area contributed by atoms with Gasteiger partial charge in [-0.3, -0.25) is 19.4 Å². The van der Waals surface area contributed by atoms with E-state index in [0.717, 1.165) is 20.1 Å². The predicted octanol–water partition coefficient (Wildman–Crippen LogP) is 5.56. The fourth-order valence-corrected chi connectivity index (χ4v) is 5.67. The lowest BCUT2D eigenvalue weighted by atomic mass is 10.0. The number of hydrogen-bond donors (Lipinski definition) is 2. The minimum absolute atomic E-state index is 0.116. The van der Waals surface area contributed by atoms with Crippen molar-refractivity contribution in [3.63, 3.8) is 0 Å². The monoisotopic (exact) mass is 796 g/mol. The standard InChI is InChI=1S/2C17H23BrN2O4/c1-17(2,3)24-16(22)20-6-7-23-10-14(20)15(21)9-11-8-12(18)4-5-13(11)19;1-17(2,3)24-16(22)20-6-7-23-10-14(20)15(21)8-11-4-5-12(18)9-13(11)19/h4-5,8,14H,6-7,9-10,19H2,1-3H3;4-5,9,14H,6-8,10,19H2,1-3H3/t2*14-/m00/s1. The Labute approximate surface area is 299 Å².